The van der Waals surface area contributed by atoms with E-state index < -0.39 is 0 Å². The minimum absolute atomic E-state index is 0.692. The maximum absolute atomic E-state index is 5.75. The van der Waals surface area contributed by atoms with Crippen LogP contribution in [-0.4, -0.2) is 11.2 Å². The van der Waals surface area contributed by atoms with Crippen LogP contribution < -0.4 is 9.30 Å². The average Bonchev–Trinajstić information content (AvgIpc) is 3.18. The van der Waals surface area contributed by atoms with E-state index in [1.54, 1.807) is 0 Å². The van der Waals surface area contributed by atoms with E-state index in [-0.39, 0.29) is 0 Å². The van der Waals surface area contributed by atoms with Crippen molar-refractivity contribution in [3.63, 3.8) is 0 Å². The molecular formula is C25H41N2O+. The summed E-state index contributed by atoms with van der Waals surface area (Å²) in [6.45, 7) is 6.11. The number of para-hydroxylation sites is 2. The van der Waals surface area contributed by atoms with Gasteiger partial charge in [0, 0.05) is 0 Å². The maximum Gasteiger partial charge on any atom is 0.249 e. The second kappa shape index (κ2) is 14.3. The Kier molecular flexibility index (Phi) is 11.5. The first kappa shape index (κ1) is 22.5. The number of hydrogen-bond donors (Lipinski definition) is 0. The molecule has 0 aliphatic rings. The van der Waals surface area contributed by atoms with Crippen molar-refractivity contribution in [1.29, 1.82) is 0 Å². The summed E-state index contributed by atoms with van der Waals surface area (Å²) in [6, 6.07) is 8.24. The van der Waals surface area contributed by atoms with Gasteiger partial charge < -0.3 is 4.74 Å². The summed E-state index contributed by atoms with van der Waals surface area (Å²) in [5.41, 5.74) is 1.11. The van der Waals surface area contributed by atoms with E-state index in [2.05, 4.69) is 46.9 Å². The third-order valence-corrected chi connectivity index (χ3v) is 5.40. The van der Waals surface area contributed by atoms with Crippen LogP contribution in [0.15, 0.2) is 43.0 Å². The largest absolute Gasteiger partial charge is 0.489 e. The number of rotatable bonds is 16. The fraction of sp³-hybridized carbons (Fsp3) is 0.640. The van der Waals surface area contributed by atoms with Crippen molar-refractivity contribution in [2.75, 3.05) is 6.61 Å². The van der Waals surface area contributed by atoms with Gasteiger partial charge in [0.05, 0.1) is 13.2 Å². The van der Waals surface area contributed by atoms with Crippen LogP contribution in [0, 0.1) is 0 Å². The Labute approximate surface area is 172 Å². The first-order valence-corrected chi connectivity index (χ1v) is 11.6. The van der Waals surface area contributed by atoms with Gasteiger partial charge in [0.25, 0.3) is 0 Å². The van der Waals surface area contributed by atoms with Crippen molar-refractivity contribution in [2.45, 2.75) is 97.4 Å². The summed E-state index contributed by atoms with van der Waals surface area (Å²) in [5.74, 6) is 0.943. The lowest BCUT2D eigenvalue weighted by molar-refractivity contribution is -0.696. The van der Waals surface area contributed by atoms with Gasteiger partial charge in [-0.1, -0.05) is 83.3 Å². The van der Waals surface area contributed by atoms with Crippen molar-refractivity contribution >= 4 is 0 Å². The Bertz CT molecular complexity index is 635. The molecule has 0 spiro atoms. The second-order valence-electron chi connectivity index (χ2n) is 7.85. The van der Waals surface area contributed by atoms with Crippen molar-refractivity contribution in [1.82, 2.24) is 4.57 Å². The first-order valence-electron chi connectivity index (χ1n) is 11.6. The molecular weight excluding hydrogens is 344 g/mol. The highest BCUT2D eigenvalue weighted by Crippen LogP contribution is 2.21. The smallest absolute Gasteiger partial charge is 0.249 e. The highest BCUT2D eigenvalue weighted by Gasteiger charge is 2.11. The van der Waals surface area contributed by atoms with Crippen LogP contribution in [0.5, 0.6) is 5.75 Å². The predicted molar refractivity (Wildman–Crippen MR) is 118 cm³/mol. The number of nitrogens with zero attached hydrogens (tertiary/aromatic N) is 2. The molecule has 1 heterocycles. The van der Waals surface area contributed by atoms with Gasteiger partial charge in [0.1, 0.15) is 12.4 Å². The molecule has 0 bridgehead atoms. The van der Waals surface area contributed by atoms with Crippen molar-refractivity contribution in [3.8, 4) is 11.4 Å². The van der Waals surface area contributed by atoms with E-state index in [4.69, 9.17) is 4.74 Å². The Morgan fingerprint density at radius 1 is 0.786 bits per heavy atom. The standard InChI is InChI=1S/C25H41N2O/c1-3-5-6-7-8-9-10-11-12-13-14-17-20-26-21-22-27(23-26)24-18-15-16-19-25(24)28-4-2/h15-16,18-19,21-23H,3-14,17,20H2,1-2H3/q+1. The molecule has 3 heteroatoms. The second-order valence-corrected chi connectivity index (χ2v) is 7.85. The molecule has 0 radical (unpaired) electrons. The monoisotopic (exact) mass is 385 g/mol. The van der Waals surface area contributed by atoms with Crippen LogP contribution in [0.4, 0.5) is 0 Å². The average molecular weight is 386 g/mol. The highest BCUT2D eigenvalue weighted by atomic mass is 16.5. The first-order chi connectivity index (χ1) is 13.8. The molecule has 0 aliphatic heterocycles. The summed E-state index contributed by atoms with van der Waals surface area (Å²) < 4.78 is 10.2. The molecule has 0 unspecified atom stereocenters. The Balaban J connectivity index is 1.56. The predicted octanol–water partition coefficient (Wildman–Crippen LogP) is 6.86. The zero-order valence-corrected chi connectivity index (χ0v) is 18.2. The fourth-order valence-electron chi connectivity index (χ4n) is 3.75. The van der Waals surface area contributed by atoms with Gasteiger partial charge in [0.2, 0.25) is 6.33 Å². The van der Waals surface area contributed by atoms with Crippen LogP contribution in [0.3, 0.4) is 0 Å². The number of aromatic nitrogens is 2. The summed E-state index contributed by atoms with van der Waals surface area (Å²) in [5, 5.41) is 0. The topological polar surface area (TPSA) is 18.0 Å². The Hall–Kier alpha value is -1.77. The van der Waals surface area contributed by atoms with E-state index >= 15 is 0 Å². The molecule has 1 aromatic carbocycles. The molecule has 0 saturated heterocycles. The number of aryl methyl sites for hydroxylation is 1. The molecule has 0 atom stereocenters. The number of imidazole rings is 1. The molecule has 2 rings (SSSR count). The molecule has 0 N–H and O–H groups in total. The van der Waals surface area contributed by atoms with Crippen molar-refractivity contribution in [2.24, 2.45) is 0 Å². The summed E-state index contributed by atoms with van der Waals surface area (Å²) in [7, 11) is 0. The van der Waals surface area contributed by atoms with Gasteiger partial charge in [-0.3, -0.25) is 0 Å². The maximum atomic E-state index is 5.75. The molecule has 156 valence electrons. The van der Waals surface area contributed by atoms with Crippen molar-refractivity contribution in [3.05, 3.63) is 43.0 Å². The number of hydrogen-bond acceptors (Lipinski definition) is 1. The van der Waals surface area contributed by atoms with E-state index in [0.717, 1.165) is 18.0 Å². The number of ether oxygens (including phenoxy) is 1. The molecule has 28 heavy (non-hydrogen) atoms. The van der Waals surface area contributed by atoms with Gasteiger partial charge in [-0.05, 0) is 31.9 Å². The van der Waals surface area contributed by atoms with Crippen LogP contribution in [0.25, 0.3) is 5.69 Å². The molecule has 0 saturated carbocycles. The fourth-order valence-corrected chi connectivity index (χ4v) is 3.75. The SMILES string of the molecule is CCCCCCCCCCCCCC[n+]1ccn(-c2ccccc2OCC)c1. The van der Waals surface area contributed by atoms with Gasteiger partial charge in [0.15, 0.2) is 11.4 Å². The lowest BCUT2D eigenvalue weighted by atomic mass is 10.1. The zero-order chi connectivity index (χ0) is 19.9. The molecule has 2 aromatic rings. The van der Waals surface area contributed by atoms with Gasteiger partial charge in [-0.2, -0.15) is 4.57 Å². The minimum Gasteiger partial charge on any atom is -0.489 e. The van der Waals surface area contributed by atoms with E-state index in [9.17, 15) is 0 Å². The highest BCUT2D eigenvalue weighted by molar-refractivity contribution is 5.46. The van der Waals surface area contributed by atoms with Gasteiger partial charge in [-0.15, -0.1) is 0 Å². The number of unbranched alkanes of at least 4 members (excludes halogenated alkanes) is 11. The van der Waals surface area contributed by atoms with Crippen LogP contribution in [0.2, 0.25) is 0 Å². The van der Waals surface area contributed by atoms with Crippen molar-refractivity contribution < 1.29 is 9.30 Å². The van der Waals surface area contributed by atoms with E-state index in [1.807, 2.05) is 19.1 Å². The quantitative estimate of drug-likeness (QED) is 0.228. The molecule has 0 aliphatic carbocycles. The molecule has 0 amide bonds. The third kappa shape index (κ3) is 8.50. The zero-order valence-electron chi connectivity index (χ0n) is 18.2. The lowest BCUT2D eigenvalue weighted by Crippen LogP contribution is -2.30. The minimum atomic E-state index is 0.692. The Morgan fingerprint density at radius 2 is 1.39 bits per heavy atom. The molecule has 1 aromatic heterocycles. The van der Waals surface area contributed by atoms with Gasteiger partial charge >= 0.3 is 0 Å². The summed E-state index contributed by atoms with van der Waals surface area (Å²) in [4.78, 5) is 0. The lowest BCUT2D eigenvalue weighted by Gasteiger charge is -2.06. The molecule has 3 nitrogen and oxygen atoms in total. The Morgan fingerprint density at radius 3 is 2.04 bits per heavy atom. The van der Waals surface area contributed by atoms with E-state index in [0.29, 0.717) is 6.61 Å². The molecule has 0 fully saturated rings. The summed E-state index contributed by atoms with van der Waals surface area (Å²) in [6.07, 6.45) is 23.2. The van der Waals surface area contributed by atoms with Crippen LogP contribution >= 0.6 is 0 Å². The van der Waals surface area contributed by atoms with Crippen LogP contribution in [-0.2, 0) is 6.54 Å². The van der Waals surface area contributed by atoms with Crippen LogP contribution in [0.1, 0.15) is 90.9 Å². The van der Waals surface area contributed by atoms with Gasteiger partial charge in [-0.25, -0.2) is 4.57 Å². The van der Waals surface area contributed by atoms with E-state index in [1.165, 1.54) is 77.0 Å². The normalized spacial score (nSPS) is 11.1. The third-order valence-electron chi connectivity index (χ3n) is 5.40. The number of benzene rings is 1. The summed E-state index contributed by atoms with van der Waals surface area (Å²) >= 11 is 0.